The van der Waals surface area contributed by atoms with Crippen LogP contribution >= 0.6 is 0 Å². The maximum Gasteiger partial charge on any atom is 0.246 e. The van der Waals surface area contributed by atoms with Gasteiger partial charge in [-0.15, -0.1) is 0 Å². The van der Waals surface area contributed by atoms with Gasteiger partial charge in [0, 0.05) is 51.5 Å². The molecule has 1 amide bonds. The van der Waals surface area contributed by atoms with Gasteiger partial charge in [-0.05, 0) is 49.8 Å². The molecular formula is C25H40N4O4S. The third-order valence-corrected chi connectivity index (χ3v) is 9.37. The number of amides is 1. The molecule has 3 fully saturated rings. The minimum atomic E-state index is -3.67. The van der Waals surface area contributed by atoms with E-state index in [1.54, 1.807) is 12.1 Å². The standard InChI is InChI=1S/C25H40N4O4S/c1-33-23-11-10-22(18-24(23)34(31,32)29-12-6-3-7-13-29)26-25(30)20-28-16-14-27(15-17-28)19-21-8-4-2-5-9-21/h10-11,18,21H,2-9,12-17,19-20H2,1H3,(H,26,30). The summed E-state index contributed by atoms with van der Waals surface area (Å²) in [6.07, 6.45) is 9.64. The molecule has 1 aliphatic carbocycles. The van der Waals surface area contributed by atoms with Gasteiger partial charge in [0.1, 0.15) is 10.6 Å². The van der Waals surface area contributed by atoms with Gasteiger partial charge >= 0.3 is 0 Å². The molecule has 0 spiro atoms. The fraction of sp³-hybridized carbons (Fsp3) is 0.720. The highest BCUT2D eigenvalue weighted by Crippen LogP contribution is 2.31. The van der Waals surface area contributed by atoms with Crippen LogP contribution in [-0.4, -0.2) is 87.9 Å². The molecule has 2 aliphatic heterocycles. The van der Waals surface area contributed by atoms with Crippen molar-refractivity contribution in [1.29, 1.82) is 0 Å². The number of carbonyl (C=O) groups is 1. The van der Waals surface area contributed by atoms with Crippen molar-refractivity contribution in [2.75, 3.05) is 64.8 Å². The predicted molar refractivity (Wildman–Crippen MR) is 134 cm³/mol. The van der Waals surface area contributed by atoms with E-state index in [0.29, 0.717) is 31.1 Å². The number of anilines is 1. The van der Waals surface area contributed by atoms with Gasteiger partial charge in [0.05, 0.1) is 13.7 Å². The highest BCUT2D eigenvalue weighted by Gasteiger charge is 2.29. The van der Waals surface area contributed by atoms with Crippen molar-refractivity contribution in [2.45, 2.75) is 56.3 Å². The summed E-state index contributed by atoms with van der Waals surface area (Å²) in [6.45, 7) is 6.34. The topological polar surface area (TPSA) is 82.2 Å². The van der Waals surface area contributed by atoms with Crippen molar-refractivity contribution in [2.24, 2.45) is 5.92 Å². The quantitative estimate of drug-likeness (QED) is 0.601. The fourth-order valence-electron chi connectivity index (χ4n) is 5.47. The first-order chi connectivity index (χ1) is 16.5. The van der Waals surface area contributed by atoms with Crippen molar-refractivity contribution in [3.05, 3.63) is 18.2 Å². The van der Waals surface area contributed by atoms with Gasteiger partial charge in [-0.3, -0.25) is 9.69 Å². The molecule has 3 aliphatic rings. The number of nitrogens with zero attached hydrogens (tertiary/aromatic N) is 3. The van der Waals surface area contributed by atoms with E-state index in [9.17, 15) is 13.2 Å². The predicted octanol–water partition coefficient (Wildman–Crippen LogP) is 3.01. The maximum atomic E-state index is 13.2. The number of piperazine rings is 1. The maximum absolute atomic E-state index is 13.2. The molecule has 34 heavy (non-hydrogen) atoms. The van der Waals surface area contributed by atoms with Gasteiger partial charge in [0.15, 0.2) is 0 Å². The van der Waals surface area contributed by atoms with Crippen LogP contribution in [-0.2, 0) is 14.8 Å². The van der Waals surface area contributed by atoms with Crippen LogP contribution in [0.5, 0.6) is 5.75 Å². The Bertz CT molecular complexity index is 919. The number of ether oxygens (including phenoxy) is 1. The summed E-state index contributed by atoms with van der Waals surface area (Å²) < 4.78 is 33.3. The number of sulfonamides is 1. The Morgan fingerprint density at radius 3 is 2.26 bits per heavy atom. The summed E-state index contributed by atoms with van der Waals surface area (Å²) >= 11 is 0. The molecule has 0 atom stereocenters. The highest BCUT2D eigenvalue weighted by atomic mass is 32.2. The number of methoxy groups -OCH3 is 1. The second kappa shape index (κ2) is 11.8. The zero-order chi connectivity index (χ0) is 24.0. The lowest BCUT2D eigenvalue weighted by atomic mass is 9.89. The average molecular weight is 493 g/mol. The molecule has 1 saturated carbocycles. The summed E-state index contributed by atoms with van der Waals surface area (Å²) in [5, 5.41) is 2.90. The Kier molecular flexibility index (Phi) is 8.85. The van der Waals surface area contributed by atoms with Crippen LogP contribution in [0.4, 0.5) is 5.69 Å². The lowest BCUT2D eigenvalue weighted by Crippen LogP contribution is -2.49. The number of hydrogen-bond donors (Lipinski definition) is 1. The second-order valence-corrected chi connectivity index (χ2v) is 11.9. The zero-order valence-electron chi connectivity index (χ0n) is 20.5. The summed E-state index contributed by atoms with van der Waals surface area (Å²) in [4.78, 5) is 17.6. The first-order valence-electron chi connectivity index (χ1n) is 12.9. The minimum absolute atomic E-state index is 0.117. The largest absolute Gasteiger partial charge is 0.495 e. The van der Waals surface area contributed by atoms with Crippen LogP contribution in [0.25, 0.3) is 0 Å². The molecule has 190 valence electrons. The van der Waals surface area contributed by atoms with E-state index in [0.717, 1.165) is 51.4 Å². The van der Waals surface area contributed by atoms with Crippen molar-refractivity contribution in [3.8, 4) is 5.75 Å². The molecule has 2 heterocycles. The van der Waals surface area contributed by atoms with Crippen molar-refractivity contribution in [3.63, 3.8) is 0 Å². The first-order valence-corrected chi connectivity index (χ1v) is 14.3. The van der Waals surface area contributed by atoms with E-state index in [1.807, 2.05) is 0 Å². The van der Waals surface area contributed by atoms with Crippen LogP contribution in [0.2, 0.25) is 0 Å². The molecule has 8 nitrogen and oxygen atoms in total. The molecule has 9 heteroatoms. The number of benzene rings is 1. The molecule has 0 unspecified atom stereocenters. The number of carbonyl (C=O) groups excluding carboxylic acids is 1. The van der Waals surface area contributed by atoms with E-state index in [2.05, 4.69) is 15.1 Å². The van der Waals surface area contributed by atoms with Gasteiger partial charge < -0.3 is 15.0 Å². The van der Waals surface area contributed by atoms with Crippen molar-refractivity contribution in [1.82, 2.24) is 14.1 Å². The molecule has 1 aromatic rings. The fourth-order valence-corrected chi connectivity index (χ4v) is 7.17. The molecule has 0 bridgehead atoms. The summed E-state index contributed by atoms with van der Waals surface area (Å²) in [5.41, 5.74) is 0.484. The Labute approximate surface area is 204 Å². The van der Waals surface area contributed by atoms with Gasteiger partial charge in [-0.2, -0.15) is 4.31 Å². The second-order valence-electron chi connectivity index (χ2n) is 9.96. The summed E-state index contributed by atoms with van der Waals surface area (Å²) in [5.74, 6) is 1.03. The Morgan fingerprint density at radius 2 is 1.59 bits per heavy atom. The molecule has 0 radical (unpaired) electrons. The van der Waals surface area contributed by atoms with E-state index in [4.69, 9.17) is 4.74 Å². The molecule has 4 rings (SSSR count). The number of hydrogen-bond acceptors (Lipinski definition) is 6. The smallest absolute Gasteiger partial charge is 0.246 e. The van der Waals surface area contributed by atoms with Gasteiger partial charge in [0.25, 0.3) is 0 Å². The number of nitrogens with one attached hydrogen (secondary N) is 1. The van der Waals surface area contributed by atoms with Crippen LogP contribution < -0.4 is 10.1 Å². The molecule has 1 aromatic carbocycles. The van der Waals surface area contributed by atoms with E-state index >= 15 is 0 Å². The Balaban J connectivity index is 1.31. The Morgan fingerprint density at radius 1 is 0.941 bits per heavy atom. The Hall–Kier alpha value is -1.68. The van der Waals surface area contributed by atoms with Crippen molar-refractivity contribution < 1.29 is 17.9 Å². The third kappa shape index (κ3) is 6.50. The first kappa shape index (κ1) is 25.4. The van der Waals surface area contributed by atoms with Crippen LogP contribution in [0.3, 0.4) is 0 Å². The summed E-state index contributed by atoms with van der Waals surface area (Å²) in [6, 6.07) is 4.85. The van der Waals surface area contributed by atoms with Gasteiger partial charge in [-0.1, -0.05) is 25.7 Å². The van der Waals surface area contributed by atoms with Crippen LogP contribution in [0.15, 0.2) is 23.1 Å². The highest BCUT2D eigenvalue weighted by molar-refractivity contribution is 7.89. The lowest BCUT2D eigenvalue weighted by molar-refractivity contribution is -0.117. The van der Waals surface area contributed by atoms with Crippen molar-refractivity contribution >= 4 is 21.6 Å². The van der Waals surface area contributed by atoms with Crippen LogP contribution in [0, 0.1) is 5.92 Å². The average Bonchev–Trinajstić information content (AvgIpc) is 2.86. The monoisotopic (exact) mass is 492 g/mol. The number of piperidine rings is 1. The molecule has 1 N–H and O–H groups in total. The van der Waals surface area contributed by atoms with Gasteiger partial charge in [-0.25, -0.2) is 8.42 Å². The molecule has 2 saturated heterocycles. The number of rotatable bonds is 8. The van der Waals surface area contributed by atoms with Gasteiger partial charge in [0.2, 0.25) is 15.9 Å². The molecular weight excluding hydrogens is 452 g/mol. The normalized spacial score (nSPS) is 21.9. The summed E-state index contributed by atoms with van der Waals surface area (Å²) in [7, 11) is -2.20. The lowest BCUT2D eigenvalue weighted by Gasteiger charge is -2.37. The van der Waals surface area contributed by atoms with E-state index < -0.39 is 10.0 Å². The SMILES string of the molecule is COc1ccc(NC(=O)CN2CCN(CC3CCCCC3)CC2)cc1S(=O)(=O)N1CCCCC1. The third-order valence-electron chi connectivity index (χ3n) is 7.45. The van der Waals surface area contributed by atoms with E-state index in [-0.39, 0.29) is 10.8 Å². The zero-order valence-corrected chi connectivity index (χ0v) is 21.3. The van der Waals surface area contributed by atoms with E-state index in [1.165, 1.54) is 56.1 Å². The minimum Gasteiger partial charge on any atom is -0.495 e. The van der Waals surface area contributed by atoms with Crippen LogP contribution in [0.1, 0.15) is 51.4 Å². The molecule has 0 aromatic heterocycles.